The van der Waals surface area contributed by atoms with Crippen LogP contribution in [0.25, 0.3) is 4.96 Å². The molecule has 0 aliphatic rings. The lowest BCUT2D eigenvalue weighted by molar-refractivity contribution is 0.625. The average molecular weight is 262 g/mol. The van der Waals surface area contributed by atoms with Gasteiger partial charge in [0, 0.05) is 5.92 Å². The summed E-state index contributed by atoms with van der Waals surface area (Å²) in [5.74, 6) is 0.732. The summed E-state index contributed by atoms with van der Waals surface area (Å²) in [6.45, 7) is 8.44. The SMILES string of the molecule is CCC(CC)c1nn2c(C#N)c(C(C)C)nc2s1. The molecule has 0 amide bonds. The fourth-order valence-electron chi connectivity index (χ4n) is 2.09. The van der Waals surface area contributed by atoms with E-state index in [9.17, 15) is 5.26 Å². The van der Waals surface area contributed by atoms with E-state index in [1.165, 1.54) is 0 Å². The van der Waals surface area contributed by atoms with E-state index >= 15 is 0 Å². The molecule has 0 radical (unpaired) electrons. The van der Waals surface area contributed by atoms with Crippen molar-refractivity contribution in [3.05, 3.63) is 16.4 Å². The quantitative estimate of drug-likeness (QED) is 0.844. The van der Waals surface area contributed by atoms with Crippen LogP contribution in [0, 0.1) is 11.3 Å². The van der Waals surface area contributed by atoms with Gasteiger partial charge in [-0.05, 0) is 18.8 Å². The van der Waals surface area contributed by atoms with Crippen LogP contribution in [0.5, 0.6) is 0 Å². The maximum atomic E-state index is 9.27. The zero-order valence-electron chi connectivity index (χ0n) is 11.3. The molecule has 0 saturated heterocycles. The van der Waals surface area contributed by atoms with E-state index in [2.05, 4.69) is 43.8 Å². The van der Waals surface area contributed by atoms with E-state index in [0.29, 0.717) is 11.6 Å². The van der Waals surface area contributed by atoms with Crippen LogP contribution >= 0.6 is 11.3 Å². The molecule has 0 aliphatic heterocycles. The van der Waals surface area contributed by atoms with Gasteiger partial charge in [0.05, 0.1) is 5.69 Å². The van der Waals surface area contributed by atoms with Crippen molar-refractivity contribution in [1.82, 2.24) is 14.6 Å². The van der Waals surface area contributed by atoms with E-state index in [1.54, 1.807) is 15.9 Å². The van der Waals surface area contributed by atoms with Gasteiger partial charge < -0.3 is 0 Å². The molecule has 0 unspecified atom stereocenters. The summed E-state index contributed by atoms with van der Waals surface area (Å²) in [6.07, 6.45) is 2.15. The molecular formula is C13H18N4S. The number of aromatic nitrogens is 3. The minimum absolute atomic E-state index is 0.255. The minimum Gasteiger partial charge on any atom is -0.221 e. The van der Waals surface area contributed by atoms with Crippen molar-refractivity contribution in [2.75, 3.05) is 0 Å². The van der Waals surface area contributed by atoms with Crippen molar-refractivity contribution in [2.24, 2.45) is 0 Å². The summed E-state index contributed by atoms with van der Waals surface area (Å²) in [5, 5.41) is 14.9. The van der Waals surface area contributed by atoms with Crippen LogP contribution in [-0.2, 0) is 0 Å². The molecule has 0 bridgehead atoms. The number of imidazole rings is 1. The molecule has 2 aromatic rings. The molecule has 0 N–H and O–H groups in total. The van der Waals surface area contributed by atoms with Crippen molar-refractivity contribution in [1.29, 1.82) is 5.26 Å². The highest BCUT2D eigenvalue weighted by molar-refractivity contribution is 7.16. The van der Waals surface area contributed by atoms with Gasteiger partial charge >= 0.3 is 0 Å². The Kier molecular flexibility index (Phi) is 3.67. The smallest absolute Gasteiger partial charge is 0.213 e. The molecule has 18 heavy (non-hydrogen) atoms. The van der Waals surface area contributed by atoms with Crippen LogP contribution in [0.2, 0.25) is 0 Å². The second-order valence-corrected chi connectivity index (χ2v) is 5.75. The number of hydrogen-bond acceptors (Lipinski definition) is 4. The number of hydrogen-bond donors (Lipinski definition) is 0. The Morgan fingerprint density at radius 3 is 2.50 bits per heavy atom. The van der Waals surface area contributed by atoms with E-state index in [1.807, 2.05) is 0 Å². The average Bonchev–Trinajstić information content (AvgIpc) is 2.87. The fraction of sp³-hybridized carbons (Fsp3) is 0.615. The number of rotatable bonds is 4. The van der Waals surface area contributed by atoms with Gasteiger partial charge in [-0.3, -0.25) is 0 Å². The first kappa shape index (κ1) is 13.0. The van der Waals surface area contributed by atoms with Gasteiger partial charge in [-0.1, -0.05) is 39.0 Å². The summed E-state index contributed by atoms with van der Waals surface area (Å²) >= 11 is 1.61. The Balaban J connectivity index is 2.55. The standard InChI is InChI=1S/C13H18N4S/c1-5-9(6-2)12-16-17-10(7-14)11(8(3)4)15-13(17)18-12/h8-9H,5-6H2,1-4H3. The van der Waals surface area contributed by atoms with E-state index < -0.39 is 0 Å². The zero-order chi connectivity index (χ0) is 13.3. The van der Waals surface area contributed by atoms with E-state index in [4.69, 9.17) is 0 Å². The zero-order valence-corrected chi connectivity index (χ0v) is 12.1. The van der Waals surface area contributed by atoms with Gasteiger partial charge in [0.1, 0.15) is 11.1 Å². The Morgan fingerprint density at radius 2 is 2.00 bits per heavy atom. The van der Waals surface area contributed by atoms with Crippen molar-refractivity contribution >= 4 is 16.3 Å². The van der Waals surface area contributed by atoms with Crippen LogP contribution < -0.4 is 0 Å². The second kappa shape index (κ2) is 5.07. The highest BCUT2D eigenvalue weighted by Gasteiger charge is 2.20. The minimum atomic E-state index is 0.255. The van der Waals surface area contributed by atoms with Crippen molar-refractivity contribution in [2.45, 2.75) is 52.4 Å². The molecule has 0 aliphatic carbocycles. The third-order valence-corrected chi connectivity index (χ3v) is 4.30. The second-order valence-electron chi connectivity index (χ2n) is 4.76. The molecule has 2 rings (SSSR count). The Bertz CT molecular complexity index is 584. The maximum Gasteiger partial charge on any atom is 0.213 e. The first-order chi connectivity index (χ1) is 8.62. The van der Waals surface area contributed by atoms with E-state index in [0.717, 1.165) is 28.5 Å². The number of nitriles is 1. The molecule has 2 aromatic heterocycles. The molecule has 2 heterocycles. The highest BCUT2D eigenvalue weighted by Crippen LogP contribution is 2.30. The maximum absolute atomic E-state index is 9.27. The fourth-order valence-corrected chi connectivity index (χ4v) is 3.26. The van der Waals surface area contributed by atoms with Gasteiger partial charge in [0.2, 0.25) is 4.96 Å². The first-order valence-electron chi connectivity index (χ1n) is 6.41. The summed E-state index contributed by atoms with van der Waals surface area (Å²) in [7, 11) is 0. The third kappa shape index (κ3) is 2.01. The molecule has 0 spiro atoms. The summed E-state index contributed by atoms with van der Waals surface area (Å²) < 4.78 is 1.72. The molecule has 4 nitrogen and oxygen atoms in total. The predicted octanol–water partition coefficient (Wildman–Crippen LogP) is 3.69. The predicted molar refractivity (Wildman–Crippen MR) is 73.0 cm³/mol. The normalized spacial score (nSPS) is 11.6. The Morgan fingerprint density at radius 1 is 1.33 bits per heavy atom. The highest BCUT2D eigenvalue weighted by atomic mass is 32.1. The van der Waals surface area contributed by atoms with Crippen molar-refractivity contribution in [3.63, 3.8) is 0 Å². The lowest BCUT2D eigenvalue weighted by atomic mass is 10.1. The van der Waals surface area contributed by atoms with Gasteiger partial charge in [0.15, 0.2) is 5.69 Å². The molecular weight excluding hydrogens is 244 g/mol. The van der Waals surface area contributed by atoms with Crippen LogP contribution in [0.15, 0.2) is 0 Å². The van der Waals surface area contributed by atoms with Crippen LogP contribution in [0.1, 0.15) is 68.8 Å². The van der Waals surface area contributed by atoms with Crippen LogP contribution in [0.4, 0.5) is 0 Å². The summed E-state index contributed by atoms with van der Waals surface area (Å²) in [5.41, 5.74) is 1.45. The molecule has 0 fully saturated rings. The monoisotopic (exact) mass is 262 g/mol. The lowest BCUT2D eigenvalue weighted by Crippen LogP contribution is -1.99. The van der Waals surface area contributed by atoms with Gasteiger partial charge in [-0.25, -0.2) is 4.98 Å². The van der Waals surface area contributed by atoms with Gasteiger partial charge in [-0.2, -0.15) is 14.9 Å². The van der Waals surface area contributed by atoms with Gasteiger partial charge in [0.25, 0.3) is 0 Å². The molecule has 0 atom stereocenters. The topological polar surface area (TPSA) is 54.0 Å². The van der Waals surface area contributed by atoms with E-state index in [-0.39, 0.29) is 5.92 Å². The summed E-state index contributed by atoms with van der Waals surface area (Å²) in [4.78, 5) is 5.40. The molecule has 0 saturated carbocycles. The van der Waals surface area contributed by atoms with Crippen molar-refractivity contribution < 1.29 is 0 Å². The number of fused-ring (bicyclic) bond motifs is 1. The first-order valence-corrected chi connectivity index (χ1v) is 7.23. The van der Waals surface area contributed by atoms with Gasteiger partial charge in [-0.15, -0.1) is 0 Å². The molecule has 96 valence electrons. The molecule has 0 aromatic carbocycles. The molecule has 5 heteroatoms. The van der Waals surface area contributed by atoms with Crippen molar-refractivity contribution in [3.8, 4) is 6.07 Å². The third-order valence-electron chi connectivity index (χ3n) is 3.23. The lowest BCUT2D eigenvalue weighted by Gasteiger charge is -2.06. The largest absolute Gasteiger partial charge is 0.221 e. The Hall–Kier alpha value is -1.41. The Labute approximate surface area is 111 Å². The number of nitrogens with zero attached hydrogens (tertiary/aromatic N) is 4. The summed E-state index contributed by atoms with van der Waals surface area (Å²) in [6, 6.07) is 2.23. The van der Waals surface area contributed by atoms with Crippen LogP contribution in [-0.4, -0.2) is 14.6 Å². The van der Waals surface area contributed by atoms with Crippen LogP contribution in [0.3, 0.4) is 0 Å².